The van der Waals surface area contributed by atoms with E-state index in [-0.39, 0.29) is 17.9 Å². The molecule has 0 aromatic heterocycles. The highest BCUT2D eigenvalue weighted by atomic mass is 16.5. The Morgan fingerprint density at radius 2 is 1.76 bits per heavy atom. The Labute approximate surface area is 128 Å². The number of nitrogens with one attached hydrogen (secondary N) is 1. The molecular weight excluding hydrogens is 270 g/mol. The van der Waals surface area contributed by atoms with E-state index in [0.29, 0.717) is 13.0 Å². The van der Waals surface area contributed by atoms with E-state index in [1.807, 2.05) is 0 Å². The van der Waals surface area contributed by atoms with Crippen LogP contribution in [0, 0.1) is 11.3 Å². The van der Waals surface area contributed by atoms with Crippen molar-refractivity contribution in [2.24, 2.45) is 11.3 Å². The lowest BCUT2D eigenvalue weighted by atomic mass is 9.82. The Hall–Kier alpha value is -1.10. The van der Waals surface area contributed by atoms with E-state index in [1.165, 1.54) is 33.5 Å². The van der Waals surface area contributed by atoms with Gasteiger partial charge in [0.25, 0.3) is 0 Å². The van der Waals surface area contributed by atoms with E-state index >= 15 is 0 Å². The summed E-state index contributed by atoms with van der Waals surface area (Å²) in [6, 6.07) is 0. The summed E-state index contributed by atoms with van der Waals surface area (Å²) in [6.07, 6.45) is 5.14. The molecule has 0 spiro atoms. The molecular formula is C16H31NO4. The van der Waals surface area contributed by atoms with E-state index in [9.17, 15) is 9.59 Å². The molecule has 0 radical (unpaired) electrons. The fraction of sp³-hybridized carbons (Fsp3) is 0.875. The van der Waals surface area contributed by atoms with Crippen LogP contribution < -0.4 is 5.32 Å². The standard InChI is InChI=1S/C16H31NO4/c1-6-7-8-9-10-17-12-13(14(18)20-4)11-16(2,3)15(19)21-5/h13,17H,6-12H2,1-5H3. The van der Waals surface area contributed by atoms with Gasteiger partial charge < -0.3 is 14.8 Å². The largest absolute Gasteiger partial charge is 0.469 e. The SMILES string of the molecule is CCCCCCNCC(CC(C)(C)C(=O)OC)C(=O)OC. The minimum absolute atomic E-state index is 0.284. The van der Waals surface area contributed by atoms with Gasteiger partial charge in [0.2, 0.25) is 0 Å². The van der Waals surface area contributed by atoms with Gasteiger partial charge in [-0.05, 0) is 33.2 Å². The first-order valence-electron chi connectivity index (χ1n) is 7.76. The Morgan fingerprint density at radius 1 is 1.10 bits per heavy atom. The maximum absolute atomic E-state index is 11.9. The van der Waals surface area contributed by atoms with Crippen molar-refractivity contribution in [2.75, 3.05) is 27.3 Å². The topological polar surface area (TPSA) is 64.6 Å². The van der Waals surface area contributed by atoms with Crippen LogP contribution in [0.15, 0.2) is 0 Å². The first-order chi connectivity index (χ1) is 9.88. The van der Waals surface area contributed by atoms with Gasteiger partial charge >= 0.3 is 11.9 Å². The van der Waals surface area contributed by atoms with Gasteiger partial charge in [0.05, 0.1) is 25.6 Å². The third kappa shape index (κ3) is 8.05. The Balaban J connectivity index is 4.34. The summed E-state index contributed by atoms with van der Waals surface area (Å²) in [5.41, 5.74) is -0.697. The molecule has 1 N–H and O–H groups in total. The fourth-order valence-corrected chi connectivity index (χ4v) is 2.33. The highest BCUT2D eigenvalue weighted by Crippen LogP contribution is 2.27. The van der Waals surface area contributed by atoms with Gasteiger partial charge in [-0.2, -0.15) is 0 Å². The van der Waals surface area contributed by atoms with Crippen molar-refractivity contribution in [3.63, 3.8) is 0 Å². The summed E-state index contributed by atoms with van der Waals surface area (Å²) in [5, 5.41) is 3.29. The van der Waals surface area contributed by atoms with Gasteiger partial charge in [-0.3, -0.25) is 9.59 Å². The normalized spacial score (nSPS) is 12.8. The van der Waals surface area contributed by atoms with E-state index in [0.717, 1.165) is 13.0 Å². The molecule has 0 saturated heterocycles. The predicted octanol–water partition coefficient (Wildman–Crippen LogP) is 2.53. The highest BCUT2D eigenvalue weighted by Gasteiger charge is 2.35. The molecule has 0 saturated carbocycles. The van der Waals surface area contributed by atoms with Crippen molar-refractivity contribution in [3.05, 3.63) is 0 Å². The van der Waals surface area contributed by atoms with Crippen LogP contribution in [0.3, 0.4) is 0 Å². The summed E-state index contributed by atoms with van der Waals surface area (Å²) in [5.74, 6) is -0.928. The zero-order chi connectivity index (χ0) is 16.3. The lowest BCUT2D eigenvalue weighted by molar-refractivity contribution is -0.154. The molecule has 0 aliphatic heterocycles. The molecule has 21 heavy (non-hydrogen) atoms. The molecule has 0 aromatic rings. The van der Waals surface area contributed by atoms with Crippen molar-refractivity contribution in [1.82, 2.24) is 5.32 Å². The molecule has 0 rings (SSSR count). The van der Waals surface area contributed by atoms with Crippen molar-refractivity contribution in [2.45, 2.75) is 52.9 Å². The van der Waals surface area contributed by atoms with Crippen molar-refractivity contribution in [3.8, 4) is 0 Å². The summed E-state index contributed by atoms with van der Waals surface area (Å²) < 4.78 is 9.62. The number of hydrogen-bond donors (Lipinski definition) is 1. The molecule has 1 unspecified atom stereocenters. The summed E-state index contributed by atoms with van der Waals surface area (Å²) >= 11 is 0. The number of carbonyl (C=O) groups excluding carboxylic acids is 2. The van der Waals surface area contributed by atoms with Crippen LogP contribution in [0.1, 0.15) is 52.9 Å². The van der Waals surface area contributed by atoms with Gasteiger partial charge in [-0.25, -0.2) is 0 Å². The van der Waals surface area contributed by atoms with Gasteiger partial charge in [0.1, 0.15) is 0 Å². The first kappa shape index (κ1) is 19.9. The molecule has 0 fully saturated rings. The minimum atomic E-state index is -0.697. The number of rotatable bonds is 11. The molecule has 5 heteroatoms. The Kier molecular flexibility index (Phi) is 10.0. The average Bonchev–Trinajstić information content (AvgIpc) is 2.47. The van der Waals surface area contributed by atoms with Crippen LogP contribution in [0.5, 0.6) is 0 Å². The second kappa shape index (κ2) is 10.6. The number of hydrogen-bond acceptors (Lipinski definition) is 5. The van der Waals surface area contributed by atoms with Crippen LogP contribution in [0.4, 0.5) is 0 Å². The molecule has 0 bridgehead atoms. The van der Waals surface area contributed by atoms with E-state index in [2.05, 4.69) is 12.2 Å². The molecule has 5 nitrogen and oxygen atoms in total. The number of ether oxygens (including phenoxy) is 2. The van der Waals surface area contributed by atoms with Crippen LogP contribution in [0.25, 0.3) is 0 Å². The lowest BCUT2D eigenvalue weighted by Gasteiger charge is -2.26. The molecule has 0 aliphatic carbocycles. The van der Waals surface area contributed by atoms with E-state index in [4.69, 9.17) is 9.47 Å². The molecule has 0 aliphatic rings. The first-order valence-corrected chi connectivity index (χ1v) is 7.76. The number of carbonyl (C=O) groups is 2. The third-order valence-electron chi connectivity index (χ3n) is 3.63. The van der Waals surface area contributed by atoms with Gasteiger partial charge in [0, 0.05) is 6.54 Å². The smallest absolute Gasteiger partial charge is 0.311 e. The van der Waals surface area contributed by atoms with Crippen molar-refractivity contribution >= 4 is 11.9 Å². The Bertz CT molecular complexity index is 315. The van der Waals surface area contributed by atoms with Gasteiger partial charge in [0.15, 0.2) is 0 Å². The molecule has 0 heterocycles. The predicted molar refractivity (Wildman–Crippen MR) is 82.9 cm³/mol. The molecule has 124 valence electrons. The maximum Gasteiger partial charge on any atom is 0.311 e. The van der Waals surface area contributed by atoms with Crippen LogP contribution in [0.2, 0.25) is 0 Å². The maximum atomic E-state index is 11.9. The van der Waals surface area contributed by atoms with E-state index in [1.54, 1.807) is 13.8 Å². The molecule has 0 aromatic carbocycles. The number of esters is 2. The number of methoxy groups -OCH3 is 2. The van der Waals surface area contributed by atoms with Crippen LogP contribution in [-0.2, 0) is 19.1 Å². The average molecular weight is 301 g/mol. The second-order valence-corrected chi connectivity index (χ2v) is 6.06. The highest BCUT2D eigenvalue weighted by molar-refractivity contribution is 5.78. The molecule has 0 amide bonds. The summed E-state index contributed by atoms with van der Waals surface area (Å²) in [4.78, 5) is 23.6. The summed E-state index contributed by atoms with van der Waals surface area (Å²) in [7, 11) is 2.74. The van der Waals surface area contributed by atoms with Gasteiger partial charge in [-0.15, -0.1) is 0 Å². The van der Waals surface area contributed by atoms with Gasteiger partial charge in [-0.1, -0.05) is 26.2 Å². The van der Waals surface area contributed by atoms with Crippen LogP contribution in [-0.4, -0.2) is 39.2 Å². The summed E-state index contributed by atoms with van der Waals surface area (Å²) in [6.45, 7) is 7.16. The van der Waals surface area contributed by atoms with E-state index < -0.39 is 5.41 Å². The minimum Gasteiger partial charge on any atom is -0.469 e. The molecule has 1 atom stereocenters. The third-order valence-corrected chi connectivity index (χ3v) is 3.63. The van der Waals surface area contributed by atoms with Crippen molar-refractivity contribution in [1.29, 1.82) is 0 Å². The fourth-order valence-electron chi connectivity index (χ4n) is 2.33. The number of unbranched alkanes of at least 4 members (excludes halogenated alkanes) is 3. The zero-order valence-electron chi connectivity index (χ0n) is 14.2. The second-order valence-electron chi connectivity index (χ2n) is 6.06. The monoisotopic (exact) mass is 301 g/mol. The zero-order valence-corrected chi connectivity index (χ0v) is 14.2. The quantitative estimate of drug-likeness (QED) is 0.469. The van der Waals surface area contributed by atoms with Crippen LogP contribution >= 0.6 is 0 Å². The lowest BCUT2D eigenvalue weighted by Crippen LogP contribution is -2.36. The Morgan fingerprint density at radius 3 is 2.29 bits per heavy atom. The van der Waals surface area contributed by atoms with Crippen molar-refractivity contribution < 1.29 is 19.1 Å².